The molecule has 0 unspecified atom stereocenters. The van der Waals surface area contributed by atoms with Crippen molar-refractivity contribution in [3.05, 3.63) is 78.4 Å². The number of aromatic nitrogens is 5. The molecule has 13 nitrogen and oxygen atoms in total. The highest BCUT2D eigenvalue weighted by Crippen LogP contribution is 2.30. The van der Waals surface area contributed by atoms with Gasteiger partial charge in [0, 0.05) is 41.8 Å². The van der Waals surface area contributed by atoms with Crippen LogP contribution in [0.15, 0.2) is 67.3 Å². The van der Waals surface area contributed by atoms with Crippen LogP contribution in [0.25, 0.3) is 11.1 Å². The van der Waals surface area contributed by atoms with Gasteiger partial charge in [0.1, 0.15) is 29.9 Å². The Hall–Kier alpha value is -5.35. The fourth-order valence-corrected chi connectivity index (χ4v) is 5.31. The monoisotopic (exact) mass is 607 g/mol. The van der Waals surface area contributed by atoms with E-state index in [1.165, 1.54) is 13.3 Å². The number of rotatable bonds is 10. The van der Waals surface area contributed by atoms with Gasteiger partial charge in [-0.2, -0.15) is 10.2 Å². The van der Waals surface area contributed by atoms with E-state index in [0.29, 0.717) is 49.2 Å². The highest BCUT2D eigenvalue weighted by molar-refractivity contribution is 5.87. The Balaban J connectivity index is 1.15. The molecule has 4 heterocycles. The third-order valence-electron chi connectivity index (χ3n) is 7.82. The molecule has 3 aromatic heterocycles. The highest BCUT2D eigenvalue weighted by atomic mass is 16.6. The van der Waals surface area contributed by atoms with Crippen molar-refractivity contribution in [1.82, 2.24) is 24.9 Å². The molecule has 230 valence electrons. The molecule has 2 N–H and O–H groups in total. The van der Waals surface area contributed by atoms with E-state index in [1.54, 1.807) is 23.5 Å². The van der Waals surface area contributed by atoms with E-state index in [1.807, 2.05) is 42.5 Å². The first-order valence-electron chi connectivity index (χ1n) is 14.8. The summed E-state index contributed by atoms with van der Waals surface area (Å²) < 4.78 is 16.1. The van der Waals surface area contributed by atoms with Crippen molar-refractivity contribution < 1.29 is 19.0 Å². The number of anilines is 3. The number of carbonyl (C=O) groups excluding carboxylic acids is 1. The zero-order valence-electron chi connectivity index (χ0n) is 24.8. The summed E-state index contributed by atoms with van der Waals surface area (Å²) in [7, 11) is 1.52. The van der Waals surface area contributed by atoms with Crippen LogP contribution < -0.4 is 20.3 Å². The lowest BCUT2D eigenvalue weighted by Gasteiger charge is -2.36. The quantitative estimate of drug-likeness (QED) is 0.259. The molecule has 0 atom stereocenters. The Morgan fingerprint density at radius 2 is 1.69 bits per heavy atom. The van der Waals surface area contributed by atoms with E-state index in [2.05, 4.69) is 41.6 Å². The second-order valence-electron chi connectivity index (χ2n) is 10.9. The summed E-state index contributed by atoms with van der Waals surface area (Å²) >= 11 is 0. The predicted molar refractivity (Wildman–Crippen MR) is 166 cm³/mol. The van der Waals surface area contributed by atoms with Crippen LogP contribution in [-0.4, -0.2) is 69.5 Å². The normalized spacial score (nSPS) is 17.8. The molecule has 4 aromatic rings. The van der Waals surface area contributed by atoms with Gasteiger partial charge in [0.15, 0.2) is 0 Å². The van der Waals surface area contributed by atoms with Crippen LogP contribution in [0.3, 0.4) is 0 Å². The highest BCUT2D eigenvalue weighted by Gasteiger charge is 2.32. The summed E-state index contributed by atoms with van der Waals surface area (Å²) in [5.41, 5.74) is 2.89. The van der Waals surface area contributed by atoms with Crippen LogP contribution in [0.4, 0.5) is 22.4 Å². The lowest BCUT2D eigenvalue weighted by Crippen LogP contribution is -2.45. The molecule has 1 amide bonds. The predicted octanol–water partition coefficient (Wildman–Crippen LogP) is 4.59. The second-order valence-corrected chi connectivity index (χ2v) is 10.9. The molecule has 1 aromatic carbocycles. The van der Waals surface area contributed by atoms with Crippen molar-refractivity contribution in [1.29, 1.82) is 5.26 Å². The van der Waals surface area contributed by atoms with Crippen molar-refractivity contribution in [3.8, 4) is 23.2 Å². The first-order valence-corrected chi connectivity index (χ1v) is 14.8. The van der Waals surface area contributed by atoms with E-state index in [-0.39, 0.29) is 30.7 Å². The van der Waals surface area contributed by atoms with E-state index in [0.717, 1.165) is 29.5 Å². The first kappa shape index (κ1) is 29.7. The molecule has 13 heteroatoms. The van der Waals surface area contributed by atoms with Crippen LogP contribution in [0.5, 0.6) is 6.01 Å². The van der Waals surface area contributed by atoms with Gasteiger partial charge in [-0.25, -0.2) is 24.7 Å². The third kappa shape index (κ3) is 7.25. The number of hydrogen-bond donors (Lipinski definition) is 2. The van der Waals surface area contributed by atoms with Crippen LogP contribution in [0, 0.1) is 11.3 Å². The minimum absolute atomic E-state index is 0.0988. The third-order valence-corrected chi connectivity index (χ3v) is 7.82. The van der Waals surface area contributed by atoms with Gasteiger partial charge in [-0.15, -0.1) is 0 Å². The van der Waals surface area contributed by atoms with Crippen LogP contribution >= 0.6 is 0 Å². The molecule has 2 fully saturated rings. The van der Waals surface area contributed by atoms with Crippen molar-refractivity contribution in [2.45, 2.75) is 50.4 Å². The van der Waals surface area contributed by atoms with Gasteiger partial charge in [-0.05, 0) is 43.4 Å². The lowest BCUT2D eigenvalue weighted by molar-refractivity contribution is 0.0209. The molecule has 1 aliphatic heterocycles. The maximum absolute atomic E-state index is 13.6. The topological polar surface area (TPSA) is 160 Å². The Labute approximate surface area is 260 Å². The van der Waals surface area contributed by atoms with Gasteiger partial charge >= 0.3 is 12.1 Å². The molecule has 45 heavy (non-hydrogen) atoms. The number of ether oxygens (including phenoxy) is 3. The molecule has 6 rings (SSSR count). The molecular weight excluding hydrogens is 574 g/mol. The standard InChI is InChI=1S/C32H33N9O4/c1-43-31-36-16-24(17-37-31)22-7-12-28(34-14-22)41(32(42)45-18-21-5-3-2-4-6-21)27-10-8-25(9-11-27)39-30-35-15-23(13-33)29(40-30)38-26-19-44-20-26/h2-7,12,14-17,25-27H,8-11,18-20H2,1H3,(H2,35,38,39,40)/t25-,27-. The summed E-state index contributed by atoms with van der Waals surface area (Å²) in [6, 6.07) is 15.8. The maximum atomic E-state index is 13.6. The van der Waals surface area contributed by atoms with Crippen LogP contribution in [-0.2, 0) is 16.1 Å². The van der Waals surface area contributed by atoms with E-state index < -0.39 is 6.09 Å². The van der Waals surface area contributed by atoms with Crippen molar-refractivity contribution >= 4 is 23.7 Å². The van der Waals surface area contributed by atoms with Gasteiger partial charge < -0.3 is 24.8 Å². The van der Waals surface area contributed by atoms with Gasteiger partial charge in [0.05, 0.1) is 32.6 Å². The zero-order valence-corrected chi connectivity index (χ0v) is 24.8. The molecule has 0 bridgehead atoms. The van der Waals surface area contributed by atoms with E-state index >= 15 is 0 Å². The molecule has 1 aliphatic carbocycles. The molecule has 0 radical (unpaired) electrons. The van der Waals surface area contributed by atoms with Gasteiger partial charge in [-0.3, -0.25) is 4.90 Å². The van der Waals surface area contributed by atoms with Crippen molar-refractivity contribution in [2.75, 3.05) is 35.9 Å². The maximum Gasteiger partial charge on any atom is 0.416 e. The number of carbonyl (C=O) groups is 1. The number of nitrogens with zero attached hydrogens (tertiary/aromatic N) is 7. The van der Waals surface area contributed by atoms with Crippen LogP contribution in [0.2, 0.25) is 0 Å². The van der Waals surface area contributed by atoms with Gasteiger partial charge in [0.2, 0.25) is 5.95 Å². The number of amides is 1. The average molecular weight is 608 g/mol. The van der Waals surface area contributed by atoms with Gasteiger partial charge in [-0.1, -0.05) is 30.3 Å². The summed E-state index contributed by atoms with van der Waals surface area (Å²) in [4.78, 5) is 37.2. The van der Waals surface area contributed by atoms with Gasteiger partial charge in [0.25, 0.3) is 0 Å². The number of pyridine rings is 1. The molecule has 2 aliphatic rings. The lowest BCUT2D eigenvalue weighted by atomic mass is 9.90. The minimum Gasteiger partial charge on any atom is -0.467 e. The smallest absolute Gasteiger partial charge is 0.416 e. The SMILES string of the molecule is COc1ncc(-c2ccc(N(C(=O)OCc3ccccc3)[C@H]3CC[C@H](Nc4ncc(C#N)c(NC5COC5)n4)CC3)nc2)cn1. The summed E-state index contributed by atoms with van der Waals surface area (Å²) in [6.07, 6.45) is 9.10. The molecule has 0 spiro atoms. The second kappa shape index (κ2) is 14.0. The number of nitrogens with one attached hydrogen (secondary N) is 2. The fourth-order valence-electron chi connectivity index (χ4n) is 5.31. The Kier molecular flexibility index (Phi) is 9.22. The minimum atomic E-state index is -0.450. The fraction of sp³-hybridized carbons (Fsp3) is 0.344. The Morgan fingerprint density at radius 1 is 0.933 bits per heavy atom. The average Bonchev–Trinajstić information content (AvgIpc) is 3.07. The number of nitriles is 1. The number of benzene rings is 1. The van der Waals surface area contributed by atoms with Crippen LogP contribution in [0.1, 0.15) is 36.8 Å². The zero-order chi connectivity index (χ0) is 31.0. The molecule has 1 saturated carbocycles. The number of hydrogen-bond acceptors (Lipinski definition) is 12. The molecule has 1 saturated heterocycles. The molecular formula is C32H33N9O4. The summed E-state index contributed by atoms with van der Waals surface area (Å²) in [6.45, 7) is 1.33. The van der Waals surface area contributed by atoms with E-state index in [9.17, 15) is 10.1 Å². The summed E-state index contributed by atoms with van der Waals surface area (Å²) in [5, 5.41) is 16.1. The van der Waals surface area contributed by atoms with Crippen molar-refractivity contribution in [3.63, 3.8) is 0 Å². The number of methoxy groups -OCH3 is 1. The largest absolute Gasteiger partial charge is 0.467 e. The Bertz CT molecular complexity index is 1620. The Morgan fingerprint density at radius 3 is 2.33 bits per heavy atom. The van der Waals surface area contributed by atoms with Crippen molar-refractivity contribution in [2.24, 2.45) is 0 Å². The first-order chi connectivity index (χ1) is 22.1. The van der Waals surface area contributed by atoms with E-state index in [4.69, 9.17) is 14.2 Å². The summed E-state index contributed by atoms with van der Waals surface area (Å²) in [5.74, 6) is 1.47.